The molecule has 0 radical (unpaired) electrons. The Hall–Kier alpha value is -3.35. The summed E-state index contributed by atoms with van der Waals surface area (Å²) in [5.41, 5.74) is 3.91. The SMILES string of the molecule is CCCn1c(=O)n(CC(=O)OCC(=O)Nc2c(C)cccc2C(C)C)c2ccccc21. The van der Waals surface area contributed by atoms with Crippen molar-refractivity contribution in [3.63, 3.8) is 0 Å². The second kappa shape index (κ2) is 9.64. The minimum atomic E-state index is -0.634. The lowest BCUT2D eigenvalue weighted by atomic mass is 9.98. The number of amides is 1. The lowest BCUT2D eigenvalue weighted by molar-refractivity contribution is -0.147. The van der Waals surface area contributed by atoms with Gasteiger partial charge in [-0.25, -0.2) is 4.79 Å². The van der Waals surface area contributed by atoms with Crippen LogP contribution in [-0.2, 0) is 27.4 Å². The van der Waals surface area contributed by atoms with Gasteiger partial charge < -0.3 is 10.1 Å². The van der Waals surface area contributed by atoms with E-state index in [4.69, 9.17) is 4.74 Å². The van der Waals surface area contributed by atoms with Crippen LogP contribution < -0.4 is 11.0 Å². The fraction of sp³-hybridized carbons (Fsp3) is 0.375. The van der Waals surface area contributed by atoms with Gasteiger partial charge in [0.15, 0.2) is 6.61 Å². The number of anilines is 1. The highest BCUT2D eigenvalue weighted by Gasteiger charge is 2.17. The van der Waals surface area contributed by atoms with Crippen LogP contribution in [0.5, 0.6) is 0 Å². The van der Waals surface area contributed by atoms with Crippen molar-refractivity contribution in [1.29, 1.82) is 0 Å². The quantitative estimate of drug-likeness (QED) is 0.558. The molecule has 0 unspecified atom stereocenters. The van der Waals surface area contributed by atoms with E-state index in [1.807, 2.05) is 50.2 Å². The Labute approximate surface area is 181 Å². The van der Waals surface area contributed by atoms with Crippen LogP contribution in [0.25, 0.3) is 11.0 Å². The molecule has 0 saturated carbocycles. The van der Waals surface area contributed by atoms with Gasteiger partial charge in [-0.2, -0.15) is 0 Å². The Kier molecular flexibility index (Phi) is 6.95. The molecule has 0 bridgehead atoms. The molecule has 31 heavy (non-hydrogen) atoms. The summed E-state index contributed by atoms with van der Waals surface area (Å²) >= 11 is 0. The minimum Gasteiger partial charge on any atom is -0.454 e. The number of carbonyl (C=O) groups excluding carboxylic acids is 2. The summed E-state index contributed by atoms with van der Waals surface area (Å²) in [7, 11) is 0. The zero-order chi connectivity index (χ0) is 22.5. The second-order valence-electron chi connectivity index (χ2n) is 7.91. The van der Waals surface area contributed by atoms with E-state index in [0.29, 0.717) is 12.1 Å². The first-order valence-corrected chi connectivity index (χ1v) is 10.6. The van der Waals surface area contributed by atoms with E-state index >= 15 is 0 Å². The van der Waals surface area contributed by atoms with Crippen molar-refractivity contribution in [1.82, 2.24) is 9.13 Å². The van der Waals surface area contributed by atoms with Crippen LogP contribution in [0.15, 0.2) is 47.3 Å². The third-order valence-corrected chi connectivity index (χ3v) is 5.22. The molecule has 0 aliphatic carbocycles. The van der Waals surface area contributed by atoms with E-state index in [9.17, 15) is 14.4 Å². The van der Waals surface area contributed by atoms with E-state index in [-0.39, 0.29) is 18.2 Å². The first kappa shape index (κ1) is 22.3. The highest BCUT2D eigenvalue weighted by Crippen LogP contribution is 2.27. The van der Waals surface area contributed by atoms with Gasteiger partial charge in [0.2, 0.25) is 0 Å². The molecular weight excluding hydrogens is 394 g/mol. The first-order chi connectivity index (χ1) is 14.8. The van der Waals surface area contributed by atoms with Gasteiger partial charge in [-0.15, -0.1) is 0 Å². The fourth-order valence-electron chi connectivity index (χ4n) is 3.70. The van der Waals surface area contributed by atoms with Crippen molar-refractivity contribution < 1.29 is 14.3 Å². The summed E-state index contributed by atoms with van der Waals surface area (Å²) in [6.45, 7) is 7.93. The summed E-state index contributed by atoms with van der Waals surface area (Å²) in [4.78, 5) is 37.6. The molecule has 0 aliphatic heterocycles. The van der Waals surface area contributed by atoms with Gasteiger partial charge in [0.1, 0.15) is 6.54 Å². The number of hydrogen-bond donors (Lipinski definition) is 1. The topological polar surface area (TPSA) is 82.3 Å². The molecule has 1 N–H and O–H groups in total. The average molecular weight is 424 g/mol. The molecule has 7 heteroatoms. The predicted octanol–water partition coefficient (Wildman–Crippen LogP) is 3.83. The number of benzene rings is 2. The van der Waals surface area contributed by atoms with Crippen molar-refractivity contribution in [2.45, 2.75) is 53.1 Å². The maximum Gasteiger partial charge on any atom is 0.329 e. The number of hydrogen-bond acceptors (Lipinski definition) is 4. The summed E-state index contributed by atoms with van der Waals surface area (Å²) in [6.07, 6.45) is 0.801. The summed E-state index contributed by atoms with van der Waals surface area (Å²) in [6, 6.07) is 13.2. The molecule has 0 spiro atoms. The molecule has 0 saturated heterocycles. The number of nitrogens with zero attached hydrogens (tertiary/aromatic N) is 2. The highest BCUT2D eigenvalue weighted by atomic mass is 16.5. The van der Waals surface area contributed by atoms with Crippen LogP contribution in [0.2, 0.25) is 0 Å². The molecule has 7 nitrogen and oxygen atoms in total. The molecule has 0 aliphatic rings. The molecular formula is C24H29N3O4. The minimum absolute atomic E-state index is 0.241. The van der Waals surface area contributed by atoms with Crippen LogP contribution in [0, 0.1) is 6.92 Å². The lowest BCUT2D eigenvalue weighted by Crippen LogP contribution is -2.29. The number of imidazole rings is 1. The molecule has 3 rings (SSSR count). The molecule has 3 aromatic rings. The summed E-state index contributed by atoms with van der Waals surface area (Å²) in [5, 5.41) is 2.85. The average Bonchev–Trinajstić information content (AvgIpc) is 3.00. The van der Waals surface area contributed by atoms with Crippen molar-refractivity contribution in [3.05, 3.63) is 64.1 Å². The number of aromatic nitrogens is 2. The summed E-state index contributed by atoms with van der Waals surface area (Å²) < 4.78 is 8.22. The van der Waals surface area contributed by atoms with Crippen LogP contribution in [-0.4, -0.2) is 27.6 Å². The second-order valence-corrected chi connectivity index (χ2v) is 7.91. The van der Waals surface area contributed by atoms with Crippen LogP contribution >= 0.6 is 0 Å². The maximum absolute atomic E-state index is 12.8. The van der Waals surface area contributed by atoms with E-state index in [1.54, 1.807) is 10.6 Å². The normalized spacial score (nSPS) is 11.1. The monoisotopic (exact) mass is 423 g/mol. The van der Waals surface area contributed by atoms with Crippen molar-refractivity contribution in [2.75, 3.05) is 11.9 Å². The number of aryl methyl sites for hydroxylation is 2. The van der Waals surface area contributed by atoms with Gasteiger partial charge in [0.25, 0.3) is 5.91 Å². The van der Waals surface area contributed by atoms with Crippen LogP contribution in [0.4, 0.5) is 5.69 Å². The van der Waals surface area contributed by atoms with Gasteiger partial charge in [0, 0.05) is 12.2 Å². The zero-order valence-corrected chi connectivity index (χ0v) is 18.5. The molecule has 1 amide bonds. The number of ether oxygens (including phenoxy) is 1. The molecule has 0 fully saturated rings. The van der Waals surface area contributed by atoms with Gasteiger partial charge >= 0.3 is 11.7 Å². The molecule has 1 aromatic heterocycles. The Morgan fingerprint density at radius 3 is 2.35 bits per heavy atom. The molecule has 0 atom stereocenters. The smallest absolute Gasteiger partial charge is 0.329 e. The van der Waals surface area contributed by atoms with Crippen LogP contribution in [0.1, 0.15) is 44.2 Å². The van der Waals surface area contributed by atoms with Gasteiger partial charge in [-0.3, -0.25) is 18.7 Å². The summed E-state index contributed by atoms with van der Waals surface area (Å²) in [5.74, 6) is -0.805. The first-order valence-electron chi connectivity index (χ1n) is 10.6. The van der Waals surface area contributed by atoms with E-state index < -0.39 is 18.5 Å². The maximum atomic E-state index is 12.8. The van der Waals surface area contributed by atoms with Gasteiger partial charge in [-0.1, -0.05) is 51.1 Å². The van der Waals surface area contributed by atoms with E-state index in [1.165, 1.54) is 4.57 Å². The molecule has 2 aromatic carbocycles. The Morgan fingerprint density at radius 1 is 1.03 bits per heavy atom. The zero-order valence-electron chi connectivity index (χ0n) is 18.5. The molecule has 1 heterocycles. The number of fused-ring (bicyclic) bond motifs is 1. The Balaban J connectivity index is 1.69. The number of carbonyl (C=O) groups is 2. The third-order valence-electron chi connectivity index (χ3n) is 5.22. The number of rotatable bonds is 8. The third kappa shape index (κ3) is 4.87. The lowest BCUT2D eigenvalue weighted by Gasteiger charge is -2.16. The highest BCUT2D eigenvalue weighted by molar-refractivity contribution is 5.94. The Morgan fingerprint density at radius 2 is 1.71 bits per heavy atom. The Bertz CT molecular complexity index is 1160. The van der Waals surface area contributed by atoms with Crippen LogP contribution in [0.3, 0.4) is 0 Å². The van der Waals surface area contributed by atoms with Gasteiger partial charge in [0.05, 0.1) is 11.0 Å². The fourth-order valence-corrected chi connectivity index (χ4v) is 3.70. The number of nitrogens with one attached hydrogen (secondary N) is 1. The number of para-hydroxylation sites is 3. The predicted molar refractivity (Wildman–Crippen MR) is 121 cm³/mol. The van der Waals surface area contributed by atoms with Crippen molar-refractivity contribution in [2.24, 2.45) is 0 Å². The van der Waals surface area contributed by atoms with Gasteiger partial charge in [-0.05, 0) is 42.5 Å². The van der Waals surface area contributed by atoms with Crippen molar-refractivity contribution >= 4 is 28.6 Å². The van der Waals surface area contributed by atoms with E-state index in [2.05, 4.69) is 19.2 Å². The van der Waals surface area contributed by atoms with Crippen molar-refractivity contribution in [3.8, 4) is 0 Å². The van der Waals surface area contributed by atoms with E-state index in [0.717, 1.165) is 28.8 Å². The largest absolute Gasteiger partial charge is 0.454 e. The molecule has 164 valence electrons. The standard InChI is InChI=1S/C24H29N3O4/c1-5-13-26-19-11-6-7-12-20(19)27(24(26)30)14-22(29)31-15-21(28)25-23-17(4)9-8-10-18(23)16(2)3/h6-12,16H,5,13-15H2,1-4H3,(H,25,28). The number of esters is 1.